The summed E-state index contributed by atoms with van der Waals surface area (Å²) in [6, 6.07) is 7.99. The molecule has 21 heavy (non-hydrogen) atoms. The van der Waals surface area contributed by atoms with E-state index in [4.69, 9.17) is 32.7 Å². The molecule has 0 radical (unpaired) electrons. The predicted molar refractivity (Wildman–Crippen MR) is 86.7 cm³/mol. The van der Waals surface area contributed by atoms with Crippen LogP contribution in [0.2, 0.25) is 10.0 Å². The molecule has 0 aliphatic carbocycles. The van der Waals surface area contributed by atoms with Gasteiger partial charge in [0, 0.05) is 16.1 Å². The van der Waals surface area contributed by atoms with Crippen LogP contribution in [0, 0.1) is 5.82 Å². The molecule has 2 rings (SSSR count). The molecule has 2 aromatic carbocycles. The number of methoxy groups -OCH3 is 2. The lowest BCUT2D eigenvalue weighted by molar-refractivity contribution is 0.392. The van der Waals surface area contributed by atoms with E-state index in [0.717, 1.165) is 0 Å². The van der Waals surface area contributed by atoms with E-state index < -0.39 is 10.6 Å². The third kappa shape index (κ3) is 3.12. The smallest absolute Gasteiger partial charge is 0.145 e. The monoisotopic (exact) mass is 392 g/mol. The van der Waals surface area contributed by atoms with E-state index in [-0.39, 0.29) is 0 Å². The van der Waals surface area contributed by atoms with Gasteiger partial charge in [-0.25, -0.2) is 4.39 Å². The molecule has 0 saturated carbocycles. The first-order chi connectivity index (χ1) is 10.0. The standard InChI is InChI=1S/C15H12BrCl2FO2/c1-20-11-7-6-8(15(21-2)14(11)18)13(16)12-9(17)4-3-5-10(12)19/h3-7,13H,1-2H3. The van der Waals surface area contributed by atoms with Gasteiger partial charge in [0.2, 0.25) is 0 Å². The first-order valence-electron chi connectivity index (χ1n) is 5.99. The van der Waals surface area contributed by atoms with Gasteiger partial charge in [-0.2, -0.15) is 0 Å². The Morgan fingerprint density at radius 3 is 2.38 bits per heavy atom. The number of hydrogen-bond acceptors (Lipinski definition) is 2. The second-order valence-electron chi connectivity index (χ2n) is 4.20. The maximum atomic E-state index is 14.1. The van der Waals surface area contributed by atoms with Crippen molar-refractivity contribution >= 4 is 39.1 Å². The number of alkyl halides is 1. The van der Waals surface area contributed by atoms with Crippen molar-refractivity contribution < 1.29 is 13.9 Å². The molecule has 112 valence electrons. The third-order valence-corrected chi connectivity index (χ3v) is 4.68. The molecule has 0 aliphatic rings. The Balaban J connectivity index is 2.59. The van der Waals surface area contributed by atoms with E-state index in [1.807, 2.05) is 0 Å². The Morgan fingerprint density at radius 2 is 1.81 bits per heavy atom. The van der Waals surface area contributed by atoms with Crippen LogP contribution in [0.3, 0.4) is 0 Å². The quantitative estimate of drug-likeness (QED) is 0.626. The van der Waals surface area contributed by atoms with E-state index in [9.17, 15) is 4.39 Å². The lowest BCUT2D eigenvalue weighted by atomic mass is 10.0. The van der Waals surface area contributed by atoms with Crippen molar-refractivity contribution in [2.24, 2.45) is 0 Å². The molecule has 0 spiro atoms. The molecule has 0 saturated heterocycles. The van der Waals surface area contributed by atoms with Crippen molar-refractivity contribution in [3.8, 4) is 11.5 Å². The highest BCUT2D eigenvalue weighted by molar-refractivity contribution is 9.09. The molecule has 6 heteroatoms. The highest BCUT2D eigenvalue weighted by Crippen LogP contribution is 2.45. The molecule has 0 fully saturated rings. The van der Waals surface area contributed by atoms with Gasteiger partial charge in [0.1, 0.15) is 22.3 Å². The average Bonchev–Trinajstić information content (AvgIpc) is 2.46. The lowest BCUT2D eigenvalue weighted by Gasteiger charge is -2.18. The van der Waals surface area contributed by atoms with Crippen LogP contribution >= 0.6 is 39.1 Å². The maximum absolute atomic E-state index is 14.1. The summed E-state index contributed by atoms with van der Waals surface area (Å²) in [5.74, 6) is 0.493. The van der Waals surface area contributed by atoms with Crippen LogP contribution in [-0.2, 0) is 0 Å². The summed E-state index contributed by atoms with van der Waals surface area (Å²) in [4.78, 5) is -0.496. The summed E-state index contributed by atoms with van der Waals surface area (Å²) in [6.45, 7) is 0. The van der Waals surface area contributed by atoms with E-state index in [1.165, 1.54) is 20.3 Å². The number of hydrogen-bond donors (Lipinski definition) is 0. The van der Waals surface area contributed by atoms with Crippen LogP contribution < -0.4 is 9.47 Å². The third-order valence-electron chi connectivity index (χ3n) is 3.04. The second-order valence-corrected chi connectivity index (χ2v) is 5.90. The summed E-state index contributed by atoms with van der Waals surface area (Å²) < 4.78 is 24.5. The lowest BCUT2D eigenvalue weighted by Crippen LogP contribution is -2.02. The molecule has 1 atom stereocenters. The topological polar surface area (TPSA) is 18.5 Å². The summed E-state index contributed by atoms with van der Waals surface area (Å²) in [7, 11) is 3.01. The van der Waals surface area contributed by atoms with Crippen LogP contribution in [0.4, 0.5) is 4.39 Å². The Bertz CT molecular complexity index is 644. The number of rotatable bonds is 4. The Kier molecular flexibility index (Phi) is 5.36. The van der Waals surface area contributed by atoms with E-state index >= 15 is 0 Å². The minimum atomic E-state index is -0.496. The summed E-state index contributed by atoms with van der Waals surface area (Å²) in [5, 5.41) is 0.653. The largest absolute Gasteiger partial charge is 0.495 e. The average molecular weight is 394 g/mol. The van der Waals surface area contributed by atoms with E-state index in [0.29, 0.717) is 32.7 Å². The molecular weight excluding hydrogens is 382 g/mol. The molecule has 0 aliphatic heterocycles. The fourth-order valence-corrected chi connectivity index (χ4v) is 3.58. The fraction of sp³-hybridized carbons (Fsp3) is 0.200. The van der Waals surface area contributed by atoms with Gasteiger partial charge in [0.15, 0.2) is 0 Å². The Morgan fingerprint density at radius 1 is 1.10 bits per heavy atom. The molecular formula is C15H12BrCl2FO2. The van der Waals surface area contributed by atoms with Gasteiger partial charge in [0.05, 0.1) is 19.0 Å². The van der Waals surface area contributed by atoms with Crippen molar-refractivity contribution in [3.05, 3.63) is 57.3 Å². The van der Waals surface area contributed by atoms with E-state index in [1.54, 1.807) is 24.3 Å². The van der Waals surface area contributed by atoms with Crippen LogP contribution in [0.5, 0.6) is 11.5 Å². The number of halogens is 4. The predicted octanol–water partition coefficient (Wildman–Crippen LogP) is 5.63. The first kappa shape index (κ1) is 16.4. The van der Waals surface area contributed by atoms with Crippen molar-refractivity contribution in [3.63, 3.8) is 0 Å². The van der Waals surface area contributed by atoms with Gasteiger partial charge in [-0.05, 0) is 18.2 Å². The number of ether oxygens (including phenoxy) is 2. The summed E-state index contributed by atoms with van der Waals surface area (Å²) in [6.07, 6.45) is 0. The van der Waals surface area contributed by atoms with Gasteiger partial charge in [0.25, 0.3) is 0 Å². The van der Waals surface area contributed by atoms with Crippen LogP contribution in [0.1, 0.15) is 16.0 Å². The van der Waals surface area contributed by atoms with Gasteiger partial charge >= 0.3 is 0 Å². The van der Waals surface area contributed by atoms with Gasteiger partial charge in [-0.15, -0.1) is 0 Å². The van der Waals surface area contributed by atoms with Crippen molar-refractivity contribution in [1.29, 1.82) is 0 Å². The highest BCUT2D eigenvalue weighted by atomic mass is 79.9. The van der Waals surface area contributed by atoms with Crippen molar-refractivity contribution in [2.45, 2.75) is 4.83 Å². The normalized spacial score (nSPS) is 12.1. The molecule has 0 bridgehead atoms. The molecule has 0 heterocycles. The zero-order chi connectivity index (χ0) is 15.6. The molecule has 2 nitrogen and oxygen atoms in total. The Labute approximate surface area is 140 Å². The number of benzene rings is 2. The summed E-state index contributed by atoms with van der Waals surface area (Å²) >= 11 is 15.8. The van der Waals surface area contributed by atoms with Crippen LogP contribution in [0.15, 0.2) is 30.3 Å². The van der Waals surface area contributed by atoms with Crippen molar-refractivity contribution in [2.75, 3.05) is 14.2 Å². The fourth-order valence-electron chi connectivity index (χ4n) is 2.03. The van der Waals surface area contributed by atoms with Crippen molar-refractivity contribution in [1.82, 2.24) is 0 Å². The van der Waals surface area contributed by atoms with Crippen LogP contribution in [0.25, 0.3) is 0 Å². The van der Waals surface area contributed by atoms with Gasteiger partial charge in [-0.1, -0.05) is 51.3 Å². The minimum absolute atomic E-state index is 0.325. The molecule has 2 aromatic rings. The van der Waals surface area contributed by atoms with E-state index in [2.05, 4.69) is 15.9 Å². The minimum Gasteiger partial charge on any atom is -0.495 e. The zero-order valence-electron chi connectivity index (χ0n) is 11.3. The zero-order valence-corrected chi connectivity index (χ0v) is 14.4. The molecule has 1 unspecified atom stereocenters. The first-order valence-corrected chi connectivity index (χ1v) is 7.66. The maximum Gasteiger partial charge on any atom is 0.145 e. The molecule has 0 N–H and O–H groups in total. The highest BCUT2D eigenvalue weighted by Gasteiger charge is 2.24. The molecule has 0 amide bonds. The van der Waals surface area contributed by atoms with Crippen LogP contribution in [-0.4, -0.2) is 14.2 Å². The second kappa shape index (κ2) is 6.86. The SMILES string of the molecule is COc1ccc(C(Br)c2c(F)cccc2Cl)c(OC)c1Cl. The van der Waals surface area contributed by atoms with Gasteiger partial charge in [-0.3, -0.25) is 0 Å². The Hall–Kier alpha value is -0.970. The molecule has 0 aromatic heterocycles. The summed E-state index contributed by atoms with van der Waals surface area (Å²) in [5.41, 5.74) is 0.994. The van der Waals surface area contributed by atoms with Gasteiger partial charge < -0.3 is 9.47 Å².